The molecule has 9 aromatic rings. The Balaban J connectivity index is 1.41. The number of furan rings is 1. The van der Waals surface area contributed by atoms with Crippen molar-refractivity contribution in [1.29, 1.82) is 0 Å². The molecule has 0 fully saturated rings. The number of para-hydroxylation sites is 4. The molecule has 0 bridgehead atoms. The maximum Gasteiger partial charge on any atom is 0.333 e. The smallest absolute Gasteiger partial charge is 0.333 e. The van der Waals surface area contributed by atoms with Gasteiger partial charge in [0.1, 0.15) is 5.58 Å². The Labute approximate surface area is 272 Å². The molecule has 2 aliphatic rings. The summed E-state index contributed by atoms with van der Waals surface area (Å²) in [5.74, 6) is 0. The van der Waals surface area contributed by atoms with Crippen molar-refractivity contribution in [2.24, 2.45) is 0 Å². The Morgan fingerprint density at radius 1 is 0.574 bits per heavy atom. The summed E-state index contributed by atoms with van der Waals surface area (Å²) in [5.41, 5.74) is 16.8. The molecule has 0 N–H and O–H groups in total. The molecule has 2 aliphatic heterocycles. The molecule has 4 heteroatoms. The van der Waals surface area contributed by atoms with Gasteiger partial charge < -0.3 is 13.8 Å². The Bertz CT molecular complexity index is 2770. The lowest BCUT2D eigenvalue weighted by atomic mass is 9.44. The quantitative estimate of drug-likeness (QED) is 0.185. The summed E-state index contributed by atoms with van der Waals surface area (Å²) < 4.78 is 9.37. The number of hydrogen-bond donors (Lipinski definition) is 0. The highest BCUT2D eigenvalue weighted by molar-refractivity contribution is 6.94. The van der Waals surface area contributed by atoms with Gasteiger partial charge in [-0.1, -0.05) is 103 Å². The van der Waals surface area contributed by atoms with E-state index in [1.165, 1.54) is 66.2 Å². The average Bonchev–Trinajstić information content (AvgIpc) is 3.68. The third kappa shape index (κ3) is 3.17. The van der Waals surface area contributed by atoms with Crippen LogP contribution in [-0.2, 0) is 0 Å². The van der Waals surface area contributed by atoms with Crippen LogP contribution < -0.4 is 15.7 Å². The molecule has 0 saturated heterocycles. The highest BCUT2D eigenvalue weighted by atomic mass is 16.3. The van der Waals surface area contributed by atoms with E-state index in [-0.39, 0.29) is 6.85 Å². The van der Waals surface area contributed by atoms with Crippen LogP contribution in [0.15, 0.2) is 150 Å². The molecule has 0 saturated carbocycles. The molecule has 0 atom stereocenters. The van der Waals surface area contributed by atoms with Crippen LogP contribution in [-0.4, -0.2) is 11.4 Å². The van der Waals surface area contributed by atoms with Crippen molar-refractivity contribution in [3.05, 3.63) is 151 Å². The molecular formula is C43H27BN2O. The summed E-state index contributed by atoms with van der Waals surface area (Å²) in [6.45, 7) is 2.17. The van der Waals surface area contributed by atoms with Crippen molar-refractivity contribution >= 4 is 72.9 Å². The molecule has 0 spiro atoms. The minimum Gasteiger partial charge on any atom is -0.454 e. The van der Waals surface area contributed by atoms with Crippen LogP contribution in [0, 0.1) is 6.92 Å². The first-order valence-corrected chi connectivity index (χ1v) is 16.3. The first-order chi connectivity index (χ1) is 23.3. The predicted molar refractivity (Wildman–Crippen MR) is 197 cm³/mol. The van der Waals surface area contributed by atoms with E-state index in [0.29, 0.717) is 0 Å². The van der Waals surface area contributed by atoms with Gasteiger partial charge in [-0.3, -0.25) is 0 Å². The number of hydrogen-bond acceptors (Lipinski definition) is 2. The number of aryl methyl sites for hydroxylation is 1. The van der Waals surface area contributed by atoms with Crippen molar-refractivity contribution in [3.63, 3.8) is 0 Å². The van der Waals surface area contributed by atoms with E-state index in [2.05, 4.69) is 162 Å². The normalized spacial score (nSPS) is 13.1. The molecule has 4 heterocycles. The van der Waals surface area contributed by atoms with Crippen LogP contribution in [0.25, 0.3) is 71.7 Å². The van der Waals surface area contributed by atoms with E-state index in [0.717, 1.165) is 33.3 Å². The standard InChI is InChI=1S/C43H27BN2O/c1-26-13-5-6-16-28(26)33-25-34-30-23-24-31-29-17-8-12-22-38(29)47-43(31)41(30)46(27-14-3-2-4-15-27)44-35-19-9-11-21-37(35)45-36-20-10-7-18-32(36)39(33)42(45)40(34)44/h2-25H,1H3. The van der Waals surface area contributed by atoms with Crippen LogP contribution in [0.4, 0.5) is 11.4 Å². The molecule has 0 unspecified atom stereocenters. The first kappa shape index (κ1) is 25.2. The van der Waals surface area contributed by atoms with Gasteiger partial charge in [0.05, 0.1) is 16.7 Å². The van der Waals surface area contributed by atoms with Crippen molar-refractivity contribution < 1.29 is 4.42 Å². The lowest BCUT2D eigenvalue weighted by molar-refractivity contribution is 0.669. The van der Waals surface area contributed by atoms with Gasteiger partial charge in [-0.2, -0.15) is 0 Å². The molecule has 218 valence electrons. The fourth-order valence-corrected chi connectivity index (χ4v) is 8.60. The van der Waals surface area contributed by atoms with Gasteiger partial charge in [0.15, 0.2) is 5.58 Å². The van der Waals surface area contributed by atoms with Crippen LogP contribution >= 0.6 is 0 Å². The molecule has 7 aromatic carbocycles. The zero-order valence-corrected chi connectivity index (χ0v) is 25.7. The Morgan fingerprint density at radius 3 is 2.21 bits per heavy atom. The van der Waals surface area contributed by atoms with Crippen LogP contribution in [0.5, 0.6) is 0 Å². The Hall–Kier alpha value is -6.00. The minimum atomic E-state index is -0.0554. The van der Waals surface area contributed by atoms with E-state index < -0.39 is 0 Å². The molecule has 3 nitrogen and oxygen atoms in total. The third-order valence-corrected chi connectivity index (χ3v) is 10.5. The van der Waals surface area contributed by atoms with Crippen LogP contribution in [0.3, 0.4) is 0 Å². The number of fused-ring (bicyclic) bond motifs is 12. The number of aromatic nitrogens is 1. The second kappa shape index (κ2) is 9.05. The van der Waals surface area contributed by atoms with E-state index in [9.17, 15) is 0 Å². The van der Waals surface area contributed by atoms with Crippen molar-refractivity contribution in [2.75, 3.05) is 4.81 Å². The van der Waals surface area contributed by atoms with Crippen LogP contribution in [0.1, 0.15) is 5.56 Å². The molecular weight excluding hydrogens is 571 g/mol. The summed E-state index contributed by atoms with van der Waals surface area (Å²) >= 11 is 0. The van der Waals surface area contributed by atoms with Gasteiger partial charge in [0, 0.05) is 38.5 Å². The van der Waals surface area contributed by atoms with Crippen molar-refractivity contribution in [2.45, 2.75) is 6.92 Å². The minimum absolute atomic E-state index is 0.0554. The molecule has 2 aromatic heterocycles. The second-order valence-electron chi connectivity index (χ2n) is 12.9. The van der Waals surface area contributed by atoms with Gasteiger partial charge in [0.2, 0.25) is 0 Å². The number of rotatable bonds is 2. The van der Waals surface area contributed by atoms with Gasteiger partial charge in [0.25, 0.3) is 0 Å². The highest BCUT2D eigenvalue weighted by Gasteiger charge is 2.45. The predicted octanol–water partition coefficient (Wildman–Crippen LogP) is 9.90. The van der Waals surface area contributed by atoms with E-state index in [1.54, 1.807) is 0 Å². The molecule has 0 aliphatic carbocycles. The molecule has 47 heavy (non-hydrogen) atoms. The Morgan fingerprint density at radius 2 is 1.32 bits per heavy atom. The summed E-state index contributed by atoms with van der Waals surface area (Å²) in [7, 11) is 0. The third-order valence-electron chi connectivity index (χ3n) is 10.5. The fraction of sp³-hybridized carbons (Fsp3) is 0.0233. The number of nitrogens with zero attached hydrogens (tertiary/aromatic N) is 2. The number of anilines is 2. The lowest BCUT2D eigenvalue weighted by Crippen LogP contribution is -2.60. The van der Waals surface area contributed by atoms with E-state index in [1.807, 2.05) is 0 Å². The van der Waals surface area contributed by atoms with Crippen LogP contribution in [0.2, 0.25) is 0 Å². The topological polar surface area (TPSA) is 21.3 Å². The van der Waals surface area contributed by atoms with E-state index in [4.69, 9.17) is 4.42 Å². The largest absolute Gasteiger partial charge is 0.454 e. The monoisotopic (exact) mass is 598 g/mol. The van der Waals surface area contributed by atoms with Crippen molar-refractivity contribution in [1.82, 2.24) is 4.57 Å². The van der Waals surface area contributed by atoms with Gasteiger partial charge >= 0.3 is 6.85 Å². The fourth-order valence-electron chi connectivity index (χ4n) is 8.60. The summed E-state index contributed by atoms with van der Waals surface area (Å²) in [6, 6.07) is 53.1. The zero-order chi connectivity index (χ0) is 30.8. The second-order valence-corrected chi connectivity index (χ2v) is 12.9. The van der Waals surface area contributed by atoms with E-state index >= 15 is 0 Å². The first-order valence-electron chi connectivity index (χ1n) is 16.3. The van der Waals surface area contributed by atoms with Crippen molar-refractivity contribution in [3.8, 4) is 27.9 Å². The summed E-state index contributed by atoms with van der Waals surface area (Å²) in [5, 5.41) is 4.88. The van der Waals surface area contributed by atoms with Gasteiger partial charge in [-0.15, -0.1) is 0 Å². The summed E-state index contributed by atoms with van der Waals surface area (Å²) in [4.78, 5) is 2.55. The Kier molecular flexibility index (Phi) is 4.86. The lowest BCUT2D eigenvalue weighted by Gasteiger charge is -2.42. The molecule has 11 rings (SSSR count). The number of benzene rings is 7. The van der Waals surface area contributed by atoms with Gasteiger partial charge in [-0.25, -0.2) is 0 Å². The highest BCUT2D eigenvalue weighted by Crippen LogP contribution is 2.51. The maximum atomic E-state index is 6.84. The molecule has 0 amide bonds. The maximum absolute atomic E-state index is 6.84. The zero-order valence-electron chi connectivity index (χ0n) is 25.7. The SMILES string of the molecule is Cc1ccccc1-c1cc2c3c4c1c1ccccc1n4-c1ccccc1B3N(c1ccccc1)c1c-2ccc2c1oc1ccccc12. The average molecular weight is 599 g/mol. The summed E-state index contributed by atoms with van der Waals surface area (Å²) in [6.07, 6.45) is 0. The van der Waals surface area contributed by atoms with Gasteiger partial charge in [-0.05, 0) is 82.6 Å². The molecule has 0 radical (unpaired) electrons.